The van der Waals surface area contributed by atoms with Crippen molar-refractivity contribution in [2.45, 2.75) is 50.4 Å². The SMILES string of the molecule is CC1(C)CC(NC(=O)N2CCC(O)(c3cccnc3)CC2)c2ccccc2O1. The molecule has 2 aromatic rings. The van der Waals surface area contributed by atoms with Gasteiger partial charge in [-0.15, -0.1) is 0 Å². The van der Waals surface area contributed by atoms with Crippen LogP contribution in [0.25, 0.3) is 0 Å². The summed E-state index contributed by atoms with van der Waals surface area (Å²) in [6.45, 7) is 5.09. The first-order chi connectivity index (χ1) is 13.4. The molecule has 2 aliphatic rings. The summed E-state index contributed by atoms with van der Waals surface area (Å²) in [6, 6.07) is 11.4. The second-order valence-corrected chi connectivity index (χ2v) is 8.37. The van der Waals surface area contributed by atoms with Crippen LogP contribution in [-0.2, 0) is 5.60 Å². The number of nitrogens with one attached hydrogen (secondary N) is 1. The second kappa shape index (κ2) is 7.09. The van der Waals surface area contributed by atoms with Gasteiger partial charge in [0.15, 0.2) is 0 Å². The summed E-state index contributed by atoms with van der Waals surface area (Å²) in [5.41, 5.74) is 0.571. The maximum atomic E-state index is 12.9. The first-order valence-electron chi connectivity index (χ1n) is 9.83. The molecule has 0 spiro atoms. The number of likely N-dealkylation sites (tertiary alicyclic amines) is 1. The number of nitrogens with zero attached hydrogens (tertiary/aromatic N) is 2. The van der Waals surface area contributed by atoms with Crippen molar-refractivity contribution in [1.29, 1.82) is 0 Å². The van der Waals surface area contributed by atoms with Gasteiger partial charge in [0.25, 0.3) is 0 Å². The Bertz CT molecular complexity index is 845. The fraction of sp³-hybridized carbons (Fsp3) is 0.455. The summed E-state index contributed by atoms with van der Waals surface area (Å²) in [4.78, 5) is 18.8. The topological polar surface area (TPSA) is 74.7 Å². The van der Waals surface area contributed by atoms with Crippen LogP contribution >= 0.6 is 0 Å². The molecule has 28 heavy (non-hydrogen) atoms. The van der Waals surface area contributed by atoms with E-state index in [4.69, 9.17) is 4.74 Å². The highest BCUT2D eigenvalue weighted by Gasteiger charge is 2.38. The molecule has 1 saturated heterocycles. The molecule has 1 unspecified atom stereocenters. The standard InChI is InChI=1S/C22H27N3O3/c1-21(2)14-18(17-7-3-4-8-19(17)28-21)24-20(26)25-12-9-22(27,10-13-25)16-6-5-11-23-15-16/h3-8,11,15,18,27H,9-10,12-14H2,1-2H3,(H,24,26). The van der Waals surface area contributed by atoms with Crippen molar-refractivity contribution in [3.8, 4) is 5.75 Å². The van der Waals surface area contributed by atoms with Crippen LogP contribution in [0, 0.1) is 0 Å². The Kier molecular flexibility index (Phi) is 4.75. The number of urea groups is 1. The van der Waals surface area contributed by atoms with E-state index in [9.17, 15) is 9.90 Å². The fourth-order valence-electron chi connectivity index (χ4n) is 4.18. The van der Waals surface area contributed by atoms with Crippen molar-refractivity contribution >= 4 is 6.03 Å². The maximum Gasteiger partial charge on any atom is 0.317 e. The van der Waals surface area contributed by atoms with Crippen LogP contribution in [0.2, 0.25) is 0 Å². The molecule has 148 valence electrons. The van der Waals surface area contributed by atoms with Crippen molar-refractivity contribution in [3.63, 3.8) is 0 Å². The van der Waals surface area contributed by atoms with Gasteiger partial charge in [-0.2, -0.15) is 0 Å². The molecule has 0 radical (unpaired) electrons. The molecule has 1 aromatic carbocycles. The number of pyridine rings is 1. The van der Waals surface area contributed by atoms with Crippen LogP contribution < -0.4 is 10.1 Å². The molecule has 0 saturated carbocycles. The van der Waals surface area contributed by atoms with E-state index in [1.807, 2.05) is 50.2 Å². The zero-order valence-corrected chi connectivity index (χ0v) is 16.4. The van der Waals surface area contributed by atoms with E-state index < -0.39 is 5.60 Å². The average Bonchev–Trinajstić information content (AvgIpc) is 2.68. The number of fused-ring (bicyclic) bond motifs is 1. The van der Waals surface area contributed by atoms with Crippen LogP contribution in [0.4, 0.5) is 4.79 Å². The highest BCUT2D eigenvalue weighted by Crippen LogP contribution is 2.39. The second-order valence-electron chi connectivity index (χ2n) is 8.37. The van der Waals surface area contributed by atoms with Gasteiger partial charge in [0.2, 0.25) is 0 Å². The summed E-state index contributed by atoms with van der Waals surface area (Å²) < 4.78 is 6.05. The van der Waals surface area contributed by atoms with Gasteiger partial charge < -0.3 is 20.1 Å². The molecule has 1 atom stereocenters. The molecule has 2 aliphatic heterocycles. The highest BCUT2D eigenvalue weighted by atomic mass is 16.5. The van der Waals surface area contributed by atoms with Crippen LogP contribution in [0.1, 0.15) is 50.3 Å². The summed E-state index contributed by atoms with van der Waals surface area (Å²) in [6.07, 6.45) is 5.12. The van der Waals surface area contributed by atoms with E-state index in [-0.39, 0.29) is 17.7 Å². The third kappa shape index (κ3) is 3.69. The summed E-state index contributed by atoms with van der Waals surface area (Å²) in [5, 5.41) is 14.1. The summed E-state index contributed by atoms with van der Waals surface area (Å²) in [7, 11) is 0. The lowest BCUT2D eigenvalue weighted by Crippen LogP contribution is -2.51. The van der Waals surface area contributed by atoms with Gasteiger partial charge >= 0.3 is 6.03 Å². The minimum atomic E-state index is -0.918. The Hall–Kier alpha value is -2.60. The number of amides is 2. The fourth-order valence-corrected chi connectivity index (χ4v) is 4.18. The van der Waals surface area contributed by atoms with E-state index in [0.717, 1.165) is 16.9 Å². The molecule has 2 amide bonds. The quantitative estimate of drug-likeness (QED) is 0.836. The third-order valence-corrected chi connectivity index (χ3v) is 5.75. The van der Waals surface area contributed by atoms with Gasteiger partial charge in [-0.3, -0.25) is 4.98 Å². The van der Waals surface area contributed by atoms with Crippen molar-refractivity contribution < 1.29 is 14.6 Å². The number of benzene rings is 1. The van der Waals surface area contributed by atoms with Crippen molar-refractivity contribution in [2.75, 3.05) is 13.1 Å². The lowest BCUT2D eigenvalue weighted by molar-refractivity contribution is -0.0176. The Balaban J connectivity index is 1.43. The lowest BCUT2D eigenvalue weighted by atomic mass is 9.85. The predicted molar refractivity (Wildman–Crippen MR) is 106 cm³/mol. The number of hydrogen-bond acceptors (Lipinski definition) is 4. The number of rotatable bonds is 2. The van der Waals surface area contributed by atoms with Crippen LogP contribution in [-0.4, -0.2) is 39.7 Å². The minimum absolute atomic E-state index is 0.0911. The number of piperidine rings is 1. The monoisotopic (exact) mass is 381 g/mol. The zero-order chi connectivity index (χ0) is 19.8. The number of hydrogen-bond donors (Lipinski definition) is 2. The molecule has 4 rings (SSSR count). The van der Waals surface area contributed by atoms with E-state index in [2.05, 4.69) is 10.3 Å². The van der Waals surface area contributed by atoms with Gasteiger partial charge in [-0.1, -0.05) is 24.3 Å². The van der Waals surface area contributed by atoms with E-state index in [1.165, 1.54) is 0 Å². The number of aromatic nitrogens is 1. The van der Waals surface area contributed by atoms with Gasteiger partial charge in [0, 0.05) is 43.0 Å². The number of para-hydroxylation sites is 1. The van der Waals surface area contributed by atoms with Gasteiger partial charge in [0.05, 0.1) is 11.6 Å². The largest absolute Gasteiger partial charge is 0.487 e. The average molecular weight is 381 g/mol. The molecule has 1 aromatic heterocycles. The predicted octanol–water partition coefficient (Wildman–Crippen LogP) is 3.38. The Morgan fingerprint density at radius 1 is 1.21 bits per heavy atom. The molecule has 3 heterocycles. The third-order valence-electron chi connectivity index (χ3n) is 5.75. The molecule has 0 aliphatic carbocycles. The van der Waals surface area contributed by atoms with E-state index in [0.29, 0.717) is 32.4 Å². The van der Waals surface area contributed by atoms with Gasteiger partial charge in [-0.25, -0.2) is 4.79 Å². The van der Waals surface area contributed by atoms with Crippen LogP contribution in [0.3, 0.4) is 0 Å². The zero-order valence-electron chi connectivity index (χ0n) is 16.4. The van der Waals surface area contributed by atoms with Crippen molar-refractivity contribution in [3.05, 3.63) is 59.9 Å². The Morgan fingerprint density at radius 3 is 2.68 bits per heavy atom. The van der Waals surface area contributed by atoms with Gasteiger partial charge in [-0.05, 0) is 38.8 Å². The van der Waals surface area contributed by atoms with Gasteiger partial charge in [0.1, 0.15) is 11.4 Å². The van der Waals surface area contributed by atoms with E-state index in [1.54, 1.807) is 17.3 Å². The summed E-state index contributed by atoms with van der Waals surface area (Å²) in [5.74, 6) is 0.827. The van der Waals surface area contributed by atoms with E-state index >= 15 is 0 Å². The number of carbonyl (C=O) groups excluding carboxylic acids is 1. The number of ether oxygens (including phenoxy) is 1. The minimum Gasteiger partial charge on any atom is -0.487 e. The maximum absolute atomic E-state index is 12.9. The van der Waals surface area contributed by atoms with Crippen LogP contribution in [0.15, 0.2) is 48.8 Å². The molecule has 2 N–H and O–H groups in total. The first kappa shape index (κ1) is 18.7. The molecule has 0 bridgehead atoms. The summed E-state index contributed by atoms with van der Waals surface area (Å²) >= 11 is 0. The van der Waals surface area contributed by atoms with Crippen molar-refractivity contribution in [2.24, 2.45) is 0 Å². The van der Waals surface area contributed by atoms with Crippen LogP contribution in [0.5, 0.6) is 5.75 Å². The normalized spacial score (nSPS) is 22.7. The molecular formula is C22H27N3O3. The smallest absolute Gasteiger partial charge is 0.317 e. The Morgan fingerprint density at radius 2 is 1.96 bits per heavy atom. The number of aliphatic hydroxyl groups is 1. The number of carbonyl (C=O) groups is 1. The first-order valence-corrected chi connectivity index (χ1v) is 9.83. The van der Waals surface area contributed by atoms with Crippen molar-refractivity contribution in [1.82, 2.24) is 15.2 Å². The lowest BCUT2D eigenvalue weighted by Gasteiger charge is -2.41. The molecular weight excluding hydrogens is 354 g/mol. The Labute approximate surface area is 165 Å². The molecule has 6 nitrogen and oxygen atoms in total. The molecule has 6 heteroatoms. The highest BCUT2D eigenvalue weighted by molar-refractivity contribution is 5.75. The molecule has 1 fully saturated rings.